The van der Waals surface area contributed by atoms with Gasteiger partial charge in [0.05, 0.1) is 32.8 Å². The normalized spacial score (nSPS) is 17.2. The number of hydrogen-bond donors (Lipinski definition) is 1. The molecule has 1 saturated heterocycles. The van der Waals surface area contributed by atoms with Gasteiger partial charge in [-0.2, -0.15) is 0 Å². The topological polar surface area (TPSA) is 85.3 Å². The molecule has 2 rings (SSSR count). The second-order valence-corrected chi connectivity index (χ2v) is 4.98. The van der Waals surface area contributed by atoms with Gasteiger partial charge in [0.25, 0.3) is 5.91 Å². The lowest BCUT2D eigenvalue weighted by Gasteiger charge is -2.19. The van der Waals surface area contributed by atoms with Crippen LogP contribution in [0.4, 0.5) is 0 Å². The van der Waals surface area contributed by atoms with Gasteiger partial charge in [0, 0.05) is 25.2 Å². The van der Waals surface area contributed by atoms with E-state index >= 15 is 0 Å². The van der Waals surface area contributed by atoms with Crippen LogP contribution in [-0.2, 0) is 4.79 Å². The lowest BCUT2D eigenvalue weighted by molar-refractivity contribution is -0.141. The highest BCUT2D eigenvalue weighted by Gasteiger charge is 2.32. The van der Waals surface area contributed by atoms with E-state index in [1.165, 1.54) is 26.2 Å². The van der Waals surface area contributed by atoms with E-state index in [1.807, 2.05) is 0 Å². The van der Waals surface area contributed by atoms with Gasteiger partial charge >= 0.3 is 5.97 Å². The Balaban J connectivity index is 2.31. The summed E-state index contributed by atoms with van der Waals surface area (Å²) >= 11 is 0. The van der Waals surface area contributed by atoms with Gasteiger partial charge in [-0.05, 0) is 6.42 Å². The number of methoxy groups -OCH3 is 3. The number of aliphatic carboxylic acids is 1. The zero-order valence-electron chi connectivity index (χ0n) is 12.8. The predicted octanol–water partition coefficient (Wildman–Crippen LogP) is 1.26. The molecule has 0 bridgehead atoms. The third-order valence-electron chi connectivity index (χ3n) is 3.76. The van der Waals surface area contributed by atoms with Crippen molar-refractivity contribution in [3.05, 3.63) is 17.7 Å². The fourth-order valence-corrected chi connectivity index (χ4v) is 2.51. The summed E-state index contributed by atoms with van der Waals surface area (Å²) in [7, 11) is 4.44. The largest absolute Gasteiger partial charge is 0.496 e. The van der Waals surface area contributed by atoms with Crippen LogP contribution in [0.1, 0.15) is 16.8 Å². The van der Waals surface area contributed by atoms with Gasteiger partial charge in [-0.25, -0.2) is 0 Å². The molecule has 0 spiro atoms. The van der Waals surface area contributed by atoms with Crippen LogP contribution in [0.2, 0.25) is 0 Å². The van der Waals surface area contributed by atoms with Gasteiger partial charge in [-0.1, -0.05) is 0 Å². The van der Waals surface area contributed by atoms with Crippen molar-refractivity contribution in [3.63, 3.8) is 0 Å². The molecule has 22 heavy (non-hydrogen) atoms. The molecule has 1 fully saturated rings. The molecule has 120 valence electrons. The minimum atomic E-state index is -0.880. The van der Waals surface area contributed by atoms with E-state index in [9.17, 15) is 9.59 Å². The molecule has 1 aliphatic heterocycles. The van der Waals surface area contributed by atoms with Crippen molar-refractivity contribution in [1.82, 2.24) is 4.90 Å². The van der Waals surface area contributed by atoms with E-state index < -0.39 is 11.9 Å². The third-order valence-corrected chi connectivity index (χ3v) is 3.76. The summed E-state index contributed by atoms with van der Waals surface area (Å²) in [6.07, 6.45) is 0.455. The quantitative estimate of drug-likeness (QED) is 0.881. The molecular formula is C15H19NO6. The third kappa shape index (κ3) is 2.93. The van der Waals surface area contributed by atoms with Crippen molar-refractivity contribution in [2.45, 2.75) is 6.42 Å². The molecule has 1 aliphatic rings. The molecule has 7 heteroatoms. The van der Waals surface area contributed by atoms with Gasteiger partial charge in [0.1, 0.15) is 5.75 Å². The first kappa shape index (κ1) is 15.9. The van der Waals surface area contributed by atoms with Crippen LogP contribution in [0, 0.1) is 5.92 Å². The highest BCUT2D eigenvalue weighted by atomic mass is 16.5. The molecule has 1 heterocycles. The molecule has 0 aliphatic carbocycles. The summed E-state index contributed by atoms with van der Waals surface area (Å²) in [6, 6.07) is 3.13. The number of amides is 1. The van der Waals surface area contributed by atoms with E-state index in [4.69, 9.17) is 19.3 Å². The Labute approximate surface area is 128 Å². The average Bonchev–Trinajstić information content (AvgIpc) is 3.03. The Bertz CT molecular complexity index is 586. The van der Waals surface area contributed by atoms with E-state index in [2.05, 4.69) is 0 Å². The second-order valence-electron chi connectivity index (χ2n) is 4.98. The molecule has 0 radical (unpaired) electrons. The maximum Gasteiger partial charge on any atom is 0.308 e. The Hall–Kier alpha value is -2.44. The number of rotatable bonds is 5. The van der Waals surface area contributed by atoms with Gasteiger partial charge in [0.15, 0.2) is 11.5 Å². The standard InChI is InChI=1S/C15H19NO6/c1-20-11-7-13(22-3)12(21-2)6-10(11)14(17)16-5-4-9(8-16)15(18)19/h6-7,9H,4-5,8H2,1-3H3,(H,18,19). The van der Waals surface area contributed by atoms with Crippen LogP contribution < -0.4 is 14.2 Å². The van der Waals surface area contributed by atoms with Gasteiger partial charge in [-0.3, -0.25) is 9.59 Å². The maximum atomic E-state index is 12.6. The Kier molecular flexibility index (Phi) is 4.75. The van der Waals surface area contributed by atoms with Crippen molar-refractivity contribution in [2.75, 3.05) is 34.4 Å². The highest BCUT2D eigenvalue weighted by Crippen LogP contribution is 2.35. The molecule has 1 atom stereocenters. The number of ether oxygens (including phenoxy) is 3. The SMILES string of the molecule is COc1cc(OC)c(C(=O)N2CCC(C(=O)O)C2)cc1OC. The van der Waals surface area contributed by atoms with E-state index in [1.54, 1.807) is 12.1 Å². The van der Waals surface area contributed by atoms with Crippen molar-refractivity contribution in [3.8, 4) is 17.2 Å². The summed E-state index contributed by atoms with van der Waals surface area (Å²) < 4.78 is 15.6. The maximum absolute atomic E-state index is 12.6. The molecule has 1 unspecified atom stereocenters. The van der Waals surface area contributed by atoms with Crippen LogP contribution in [0.15, 0.2) is 12.1 Å². The number of carboxylic acids is 1. The fraction of sp³-hybridized carbons (Fsp3) is 0.467. The Morgan fingerprint density at radius 3 is 2.18 bits per heavy atom. The van der Waals surface area contributed by atoms with Crippen molar-refractivity contribution in [1.29, 1.82) is 0 Å². The van der Waals surface area contributed by atoms with Crippen molar-refractivity contribution < 1.29 is 28.9 Å². The smallest absolute Gasteiger partial charge is 0.308 e. The summed E-state index contributed by atoms with van der Waals surface area (Å²) in [5.74, 6) is -0.436. The number of carbonyl (C=O) groups excluding carboxylic acids is 1. The lowest BCUT2D eigenvalue weighted by atomic mass is 10.1. The first-order chi connectivity index (χ1) is 10.5. The van der Waals surface area contributed by atoms with Crippen LogP contribution in [0.5, 0.6) is 17.2 Å². The van der Waals surface area contributed by atoms with Crippen LogP contribution in [-0.4, -0.2) is 56.3 Å². The second kappa shape index (κ2) is 6.55. The minimum absolute atomic E-state index is 0.200. The van der Waals surface area contributed by atoms with E-state index in [0.717, 1.165) is 0 Å². The average molecular weight is 309 g/mol. The Morgan fingerprint density at radius 2 is 1.68 bits per heavy atom. The number of benzene rings is 1. The van der Waals surface area contributed by atoms with E-state index in [-0.39, 0.29) is 12.5 Å². The summed E-state index contributed by atoms with van der Waals surface area (Å²) in [5.41, 5.74) is 0.325. The van der Waals surface area contributed by atoms with Crippen LogP contribution in [0.25, 0.3) is 0 Å². The highest BCUT2D eigenvalue weighted by molar-refractivity contribution is 5.98. The molecule has 0 aromatic heterocycles. The monoisotopic (exact) mass is 309 g/mol. The molecule has 1 N–H and O–H groups in total. The van der Waals surface area contributed by atoms with E-state index in [0.29, 0.717) is 35.8 Å². The van der Waals surface area contributed by atoms with Crippen LogP contribution >= 0.6 is 0 Å². The molecule has 7 nitrogen and oxygen atoms in total. The fourth-order valence-electron chi connectivity index (χ4n) is 2.51. The first-order valence-corrected chi connectivity index (χ1v) is 6.83. The number of carbonyl (C=O) groups is 2. The van der Waals surface area contributed by atoms with Crippen molar-refractivity contribution in [2.24, 2.45) is 5.92 Å². The summed E-state index contributed by atoms with van der Waals surface area (Å²) in [5, 5.41) is 9.04. The molecule has 0 saturated carbocycles. The van der Waals surface area contributed by atoms with Gasteiger partial charge < -0.3 is 24.2 Å². The molecule has 1 aromatic rings. The number of hydrogen-bond acceptors (Lipinski definition) is 5. The van der Waals surface area contributed by atoms with Gasteiger partial charge in [-0.15, -0.1) is 0 Å². The molecule has 1 aromatic carbocycles. The summed E-state index contributed by atoms with van der Waals surface area (Å²) in [6.45, 7) is 0.610. The predicted molar refractivity (Wildman–Crippen MR) is 77.7 cm³/mol. The summed E-state index contributed by atoms with van der Waals surface area (Å²) in [4.78, 5) is 25.1. The van der Waals surface area contributed by atoms with Crippen LogP contribution in [0.3, 0.4) is 0 Å². The number of likely N-dealkylation sites (tertiary alicyclic amines) is 1. The first-order valence-electron chi connectivity index (χ1n) is 6.83. The van der Waals surface area contributed by atoms with Gasteiger partial charge in [0.2, 0.25) is 0 Å². The molecular weight excluding hydrogens is 290 g/mol. The minimum Gasteiger partial charge on any atom is -0.496 e. The van der Waals surface area contributed by atoms with Crippen molar-refractivity contribution >= 4 is 11.9 Å². The number of nitrogens with zero attached hydrogens (tertiary/aromatic N) is 1. The zero-order chi connectivity index (χ0) is 16.3. The number of carboxylic acid groups (broad SMARTS) is 1. The molecule has 1 amide bonds. The Morgan fingerprint density at radius 1 is 1.09 bits per heavy atom. The lowest BCUT2D eigenvalue weighted by Crippen LogP contribution is -2.30. The zero-order valence-corrected chi connectivity index (χ0v) is 12.8.